The number of likely N-dealkylation sites (tertiary alicyclic amines) is 1. The van der Waals surface area contributed by atoms with Gasteiger partial charge >= 0.3 is 0 Å². The Labute approximate surface area is 115 Å². The number of nitrogens with two attached hydrogens (primary N) is 1. The molecule has 19 heavy (non-hydrogen) atoms. The number of amides is 1. The van der Waals surface area contributed by atoms with Crippen molar-refractivity contribution in [2.24, 2.45) is 11.7 Å². The van der Waals surface area contributed by atoms with Crippen LogP contribution in [0.2, 0.25) is 0 Å². The zero-order chi connectivity index (χ0) is 13.8. The maximum absolute atomic E-state index is 12.4. The summed E-state index contributed by atoms with van der Waals surface area (Å²) in [6.07, 6.45) is 2.80. The molecule has 0 aromatic heterocycles. The standard InChI is InChI=1S/C16H24N2O/c1-12(2)15-4-3-9-18(15)16(19)10-13-5-7-14(11-17)8-6-13/h5-8,12,15H,3-4,9-11,17H2,1-2H3. The van der Waals surface area contributed by atoms with Gasteiger partial charge in [0.2, 0.25) is 5.91 Å². The van der Waals surface area contributed by atoms with Crippen molar-refractivity contribution in [3.63, 3.8) is 0 Å². The van der Waals surface area contributed by atoms with Crippen molar-refractivity contribution in [2.75, 3.05) is 6.54 Å². The zero-order valence-corrected chi connectivity index (χ0v) is 11.9. The molecule has 0 saturated carbocycles. The summed E-state index contributed by atoms with van der Waals surface area (Å²) in [5.74, 6) is 0.808. The SMILES string of the molecule is CC(C)C1CCCN1C(=O)Cc1ccc(CN)cc1. The number of nitrogens with zero attached hydrogens (tertiary/aromatic N) is 1. The topological polar surface area (TPSA) is 46.3 Å². The highest BCUT2D eigenvalue weighted by Crippen LogP contribution is 2.24. The van der Waals surface area contributed by atoms with Gasteiger partial charge in [0.1, 0.15) is 0 Å². The van der Waals surface area contributed by atoms with Crippen LogP contribution >= 0.6 is 0 Å². The van der Waals surface area contributed by atoms with Gasteiger partial charge in [-0.2, -0.15) is 0 Å². The molecule has 104 valence electrons. The Morgan fingerprint density at radius 3 is 2.53 bits per heavy atom. The summed E-state index contributed by atoms with van der Waals surface area (Å²) in [4.78, 5) is 14.5. The van der Waals surface area contributed by atoms with Gasteiger partial charge in [-0.25, -0.2) is 0 Å². The second-order valence-corrected chi connectivity index (χ2v) is 5.74. The van der Waals surface area contributed by atoms with Crippen LogP contribution in [-0.4, -0.2) is 23.4 Å². The summed E-state index contributed by atoms with van der Waals surface area (Å²) in [6.45, 7) is 5.87. The number of hydrogen-bond donors (Lipinski definition) is 1. The van der Waals surface area contributed by atoms with Crippen molar-refractivity contribution in [1.29, 1.82) is 0 Å². The van der Waals surface area contributed by atoms with Crippen molar-refractivity contribution in [3.8, 4) is 0 Å². The molecular formula is C16H24N2O. The molecule has 1 fully saturated rings. The first-order chi connectivity index (χ1) is 9.11. The van der Waals surface area contributed by atoms with Gasteiger partial charge in [-0.1, -0.05) is 38.1 Å². The Bertz CT molecular complexity index is 425. The Morgan fingerprint density at radius 2 is 1.95 bits per heavy atom. The van der Waals surface area contributed by atoms with E-state index < -0.39 is 0 Å². The van der Waals surface area contributed by atoms with Crippen LogP contribution in [0.3, 0.4) is 0 Å². The van der Waals surface area contributed by atoms with Crippen LogP contribution in [0.1, 0.15) is 37.8 Å². The Hall–Kier alpha value is -1.35. The molecule has 1 heterocycles. The highest BCUT2D eigenvalue weighted by Gasteiger charge is 2.30. The molecule has 1 atom stereocenters. The third-order valence-corrected chi connectivity index (χ3v) is 4.00. The van der Waals surface area contributed by atoms with Gasteiger partial charge in [-0.05, 0) is 29.9 Å². The Kier molecular flexibility index (Phi) is 4.59. The molecule has 0 bridgehead atoms. The van der Waals surface area contributed by atoms with Crippen LogP contribution in [0.4, 0.5) is 0 Å². The van der Waals surface area contributed by atoms with Crippen LogP contribution in [0.5, 0.6) is 0 Å². The van der Waals surface area contributed by atoms with Gasteiger partial charge in [-0.15, -0.1) is 0 Å². The molecule has 1 aromatic rings. The highest BCUT2D eigenvalue weighted by atomic mass is 16.2. The molecule has 1 aliphatic rings. The fraction of sp³-hybridized carbons (Fsp3) is 0.562. The van der Waals surface area contributed by atoms with Crippen molar-refractivity contribution < 1.29 is 4.79 Å². The fourth-order valence-corrected chi connectivity index (χ4v) is 2.86. The molecule has 2 rings (SSSR count). The minimum absolute atomic E-state index is 0.261. The van der Waals surface area contributed by atoms with E-state index in [4.69, 9.17) is 5.73 Å². The van der Waals surface area contributed by atoms with E-state index in [-0.39, 0.29) is 5.91 Å². The summed E-state index contributed by atoms with van der Waals surface area (Å²) >= 11 is 0. The average molecular weight is 260 g/mol. The summed E-state index contributed by atoms with van der Waals surface area (Å²) in [7, 11) is 0. The lowest BCUT2D eigenvalue weighted by molar-refractivity contribution is -0.132. The van der Waals surface area contributed by atoms with E-state index in [2.05, 4.69) is 18.7 Å². The lowest BCUT2D eigenvalue weighted by Gasteiger charge is -2.27. The van der Waals surface area contributed by atoms with E-state index in [1.807, 2.05) is 24.3 Å². The molecule has 1 amide bonds. The number of benzene rings is 1. The van der Waals surface area contributed by atoms with E-state index in [1.165, 1.54) is 0 Å². The van der Waals surface area contributed by atoms with Crippen molar-refractivity contribution in [2.45, 2.75) is 45.7 Å². The molecule has 3 heteroatoms. The van der Waals surface area contributed by atoms with Crippen molar-refractivity contribution >= 4 is 5.91 Å². The molecule has 0 aliphatic carbocycles. The summed E-state index contributed by atoms with van der Waals surface area (Å²) in [6, 6.07) is 8.47. The van der Waals surface area contributed by atoms with Gasteiger partial charge in [-0.3, -0.25) is 4.79 Å². The van der Waals surface area contributed by atoms with Gasteiger partial charge in [0.25, 0.3) is 0 Å². The predicted molar refractivity (Wildman–Crippen MR) is 77.6 cm³/mol. The summed E-state index contributed by atoms with van der Waals surface area (Å²) < 4.78 is 0. The van der Waals surface area contributed by atoms with Crippen molar-refractivity contribution in [3.05, 3.63) is 35.4 Å². The quantitative estimate of drug-likeness (QED) is 0.903. The van der Waals surface area contributed by atoms with Crippen LogP contribution in [0, 0.1) is 5.92 Å². The number of rotatable bonds is 4. The minimum Gasteiger partial charge on any atom is -0.339 e. The van der Waals surface area contributed by atoms with Gasteiger partial charge in [0, 0.05) is 19.1 Å². The maximum atomic E-state index is 12.4. The number of carbonyl (C=O) groups is 1. The second-order valence-electron chi connectivity index (χ2n) is 5.74. The largest absolute Gasteiger partial charge is 0.339 e. The second kappa shape index (κ2) is 6.20. The van der Waals surface area contributed by atoms with Gasteiger partial charge in [0.15, 0.2) is 0 Å². The first-order valence-corrected chi connectivity index (χ1v) is 7.19. The first-order valence-electron chi connectivity index (χ1n) is 7.19. The third-order valence-electron chi connectivity index (χ3n) is 4.00. The van der Waals surface area contributed by atoms with E-state index in [9.17, 15) is 4.79 Å². The molecule has 1 aliphatic heterocycles. The van der Waals surface area contributed by atoms with Gasteiger partial charge < -0.3 is 10.6 Å². The molecule has 0 spiro atoms. The monoisotopic (exact) mass is 260 g/mol. The van der Waals surface area contributed by atoms with Crippen LogP contribution in [0.15, 0.2) is 24.3 Å². The molecule has 1 unspecified atom stereocenters. The van der Waals surface area contributed by atoms with Gasteiger partial charge in [0.05, 0.1) is 6.42 Å². The molecule has 1 aromatic carbocycles. The lowest BCUT2D eigenvalue weighted by Crippen LogP contribution is -2.39. The van der Waals surface area contributed by atoms with Crippen LogP contribution in [0.25, 0.3) is 0 Å². The smallest absolute Gasteiger partial charge is 0.227 e. The molecule has 2 N–H and O–H groups in total. The van der Waals surface area contributed by atoms with Crippen LogP contribution in [-0.2, 0) is 17.8 Å². The summed E-state index contributed by atoms with van der Waals surface area (Å²) in [5.41, 5.74) is 7.77. The molecule has 3 nitrogen and oxygen atoms in total. The maximum Gasteiger partial charge on any atom is 0.227 e. The number of carbonyl (C=O) groups excluding carboxylic acids is 1. The summed E-state index contributed by atoms with van der Waals surface area (Å²) in [5, 5.41) is 0. The molecule has 1 saturated heterocycles. The number of hydrogen-bond acceptors (Lipinski definition) is 2. The first kappa shape index (κ1) is 14.1. The van der Waals surface area contributed by atoms with E-state index >= 15 is 0 Å². The van der Waals surface area contributed by atoms with Crippen LogP contribution < -0.4 is 5.73 Å². The molecular weight excluding hydrogens is 236 g/mol. The van der Waals surface area contributed by atoms with Crippen molar-refractivity contribution in [1.82, 2.24) is 4.90 Å². The third kappa shape index (κ3) is 3.35. The minimum atomic E-state index is 0.261. The van der Waals surface area contributed by atoms with E-state index in [0.29, 0.717) is 24.9 Å². The highest BCUT2D eigenvalue weighted by molar-refractivity contribution is 5.79. The average Bonchev–Trinajstić information content (AvgIpc) is 2.89. The van der Waals surface area contributed by atoms with E-state index in [1.54, 1.807) is 0 Å². The van der Waals surface area contributed by atoms with E-state index in [0.717, 1.165) is 30.5 Å². The zero-order valence-electron chi connectivity index (χ0n) is 11.9. The predicted octanol–water partition coefficient (Wildman–Crippen LogP) is 2.33. The molecule has 0 radical (unpaired) electrons. The Morgan fingerprint density at radius 1 is 1.32 bits per heavy atom. The Balaban J connectivity index is 1.99. The lowest BCUT2D eigenvalue weighted by atomic mass is 10.0. The normalized spacial score (nSPS) is 19.2. The fourth-order valence-electron chi connectivity index (χ4n) is 2.86.